The zero-order chi connectivity index (χ0) is 27.9. The maximum Gasteiger partial charge on any atom is 0.259 e. The van der Waals surface area contributed by atoms with Gasteiger partial charge in [-0.3, -0.25) is 4.79 Å². The highest BCUT2D eigenvalue weighted by molar-refractivity contribution is 9.10. The Morgan fingerprint density at radius 3 is 2.32 bits per heavy atom. The molecule has 1 amide bonds. The summed E-state index contributed by atoms with van der Waals surface area (Å²) >= 11 is 3.40. The van der Waals surface area contributed by atoms with Crippen LogP contribution in [0.25, 0.3) is 0 Å². The standard InChI is InChI=1S/C28H39BrN4O4S/c1-26(2,3)18-38(36,37)21-15-19(29)14-20(16-21)30-25(35)22-6-7-23(32-27(4,5)17-34)31-24(22)33-12-10-28(8-9-28)11-13-33/h6-7,14-16,34H,8-13,17-18H2,1-5H3,(H,30,35)(H,31,32). The topological polar surface area (TPSA) is 112 Å². The summed E-state index contributed by atoms with van der Waals surface area (Å²) in [7, 11) is -3.55. The van der Waals surface area contributed by atoms with E-state index < -0.39 is 20.8 Å². The summed E-state index contributed by atoms with van der Waals surface area (Å²) in [5.41, 5.74) is 0.308. The maximum absolute atomic E-state index is 13.6. The van der Waals surface area contributed by atoms with Crippen LogP contribution in [0, 0.1) is 10.8 Å². The number of benzene rings is 1. The smallest absolute Gasteiger partial charge is 0.259 e. The first-order chi connectivity index (χ1) is 17.6. The van der Waals surface area contributed by atoms with Crippen molar-refractivity contribution in [2.24, 2.45) is 10.8 Å². The Bertz CT molecular complexity index is 1310. The number of anilines is 3. The molecule has 208 valence electrons. The lowest BCUT2D eigenvalue weighted by molar-refractivity contribution is 0.102. The Kier molecular flexibility index (Phi) is 7.91. The van der Waals surface area contributed by atoms with Gasteiger partial charge in [0, 0.05) is 23.2 Å². The van der Waals surface area contributed by atoms with E-state index in [9.17, 15) is 18.3 Å². The minimum absolute atomic E-state index is 0.00694. The second-order valence-corrected chi connectivity index (χ2v) is 15.6. The molecule has 0 radical (unpaired) electrons. The van der Waals surface area contributed by atoms with Crippen LogP contribution in [0.5, 0.6) is 0 Å². The molecule has 0 unspecified atom stereocenters. The van der Waals surface area contributed by atoms with Crippen molar-refractivity contribution in [1.82, 2.24) is 4.98 Å². The summed E-state index contributed by atoms with van der Waals surface area (Å²) in [4.78, 5) is 20.7. The summed E-state index contributed by atoms with van der Waals surface area (Å²) in [5, 5.41) is 15.8. The van der Waals surface area contributed by atoms with Crippen molar-refractivity contribution < 1.29 is 18.3 Å². The van der Waals surface area contributed by atoms with Crippen LogP contribution >= 0.6 is 15.9 Å². The summed E-state index contributed by atoms with van der Waals surface area (Å²) < 4.78 is 26.6. The molecule has 3 N–H and O–H groups in total. The molecule has 1 aromatic carbocycles. The Balaban J connectivity index is 1.63. The van der Waals surface area contributed by atoms with Gasteiger partial charge in [-0.2, -0.15) is 0 Å². The molecule has 0 bridgehead atoms. The number of piperidine rings is 1. The first-order valence-electron chi connectivity index (χ1n) is 13.1. The number of aromatic nitrogens is 1. The van der Waals surface area contributed by atoms with Crippen molar-refractivity contribution in [1.29, 1.82) is 0 Å². The van der Waals surface area contributed by atoms with Crippen LogP contribution in [0.15, 0.2) is 39.7 Å². The Morgan fingerprint density at radius 2 is 1.74 bits per heavy atom. The number of aliphatic hydroxyl groups excluding tert-OH is 1. The number of carbonyl (C=O) groups excluding carboxylic acids is 1. The van der Waals surface area contributed by atoms with Crippen LogP contribution in [-0.2, 0) is 9.84 Å². The van der Waals surface area contributed by atoms with Gasteiger partial charge in [-0.25, -0.2) is 13.4 Å². The van der Waals surface area contributed by atoms with Gasteiger partial charge in [0.25, 0.3) is 5.91 Å². The molecule has 1 saturated heterocycles. The van der Waals surface area contributed by atoms with Crippen LogP contribution in [0.2, 0.25) is 0 Å². The van der Waals surface area contributed by atoms with Crippen LogP contribution in [0.3, 0.4) is 0 Å². The predicted molar refractivity (Wildman–Crippen MR) is 156 cm³/mol. The average molecular weight is 608 g/mol. The minimum atomic E-state index is -3.55. The van der Waals surface area contributed by atoms with Gasteiger partial charge in [-0.05, 0) is 80.7 Å². The van der Waals surface area contributed by atoms with Crippen molar-refractivity contribution in [2.45, 2.75) is 70.7 Å². The molecule has 2 aliphatic rings. The molecule has 10 heteroatoms. The molecule has 2 aromatic rings. The highest BCUT2D eigenvalue weighted by atomic mass is 79.9. The van der Waals surface area contributed by atoms with Crippen molar-refractivity contribution in [3.05, 3.63) is 40.4 Å². The van der Waals surface area contributed by atoms with Crippen LogP contribution in [-0.4, -0.2) is 55.4 Å². The number of halogens is 1. The second-order valence-electron chi connectivity index (χ2n) is 12.7. The fraction of sp³-hybridized carbons (Fsp3) is 0.571. The van der Waals surface area contributed by atoms with Gasteiger partial charge >= 0.3 is 0 Å². The number of amides is 1. The zero-order valence-corrected chi connectivity index (χ0v) is 25.3. The highest BCUT2D eigenvalue weighted by Gasteiger charge is 2.45. The van der Waals surface area contributed by atoms with E-state index in [-0.39, 0.29) is 23.2 Å². The van der Waals surface area contributed by atoms with Gasteiger partial charge in [0.2, 0.25) is 0 Å². The summed E-state index contributed by atoms with van der Waals surface area (Å²) in [6.07, 6.45) is 4.71. The summed E-state index contributed by atoms with van der Waals surface area (Å²) in [6.45, 7) is 11.0. The Labute approximate surface area is 234 Å². The third kappa shape index (κ3) is 7.07. The van der Waals surface area contributed by atoms with Gasteiger partial charge in [0.05, 0.1) is 28.4 Å². The van der Waals surface area contributed by atoms with Crippen molar-refractivity contribution >= 4 is 49.0 Å². The number of nitrogens with one attached hydrogen (secondary N) is 2. The van der Waals surface area contributed by atoms with E-state index >= 15 is 0 Å². The van der Waals surface area contributed by atoms with Gasteiger partial charge in [-0.1, -0.05) is 36.7 Å². The van der Waals surface area contributed by atoms with E-state index in [0.717, 1.165) is 25.9 Å². The monoisotopic (exact) mass is 606 g/mol. The van der Waals surface area contributed by atoms with E-state index in [2.05, 4.69) is 31.5 Å². The molecule has 2 fully saturated rings. The fourth-order valence-electron chi connectivity index (χ4n) is 4.86. The van der Waals surface area contributed by atoms with E-state index in [4.69, 9.17) is 4.98 Å². The quantitative estimate of drug-likeness (QED) is 0.365. The molecule has 1 spiro atoms. The number of hydrogen-bond acceptors (Lipinski definition) is 7. The van der Waals surface area contributed by atoms with Crippen LogP contribution in [0.4, 0.5) is 17.3 Å². The SMILES string of the molecule is CC(C)(C)CS(=O)(=O)c1cc(Br)cc(NC(=O)c2ccc(NC(C)(C)CO)nc2N2CCC3(CC2)CC3)c1. The van der Waals surface area contributed by atoms with Crippen molar-refractivity contribution in [2.75, 3.05) is 41.0 Å². The van der Waals surface area contributed by atoms with Gasteiger partial charge < -0.3 is 20.6 Å². The molecule has 4 rings (SSSR count). The average Bonchev–Trinajstić information content (AvgIpc) is 3.56. The number of pyridine rings is 1. The molecular weight excluding hydrogens is 568 g/mol. The Hall–Kier alpha value is -2.17. The first kappa shape index (κ1) is 28.8. The summed E-state index contributed by atoms with van der Waals surface area (Å²) in [5.74, 6) is 0.810. The van der Waals surface area contributed by atoms with Crippen molar-refractivity contribution in [3.63, 3.8) is 0 Å². The van der Waals surface area contributed by atoms with E-state index in [1.54, 1.807) is 24.3 Å². The third-order valence-electron chi connectivity index (χ3n) is 7.17. The molecule has 1 aliphatic heterocycles. The van der Waals surface area contributed by atoms with Gasteiger partial charge in [-0.15, -0.1) is 0 Å². The molecule has 1 aliphatic carbocycles. The van der Waals surface area contributed by atoms with Crippen LogP contribution in [0.1, 0.15) is 70.7 Å². The molecule has 1 aromatic heterocycles. The number of aliphatic hydroxyl groups is 1. The molecule has 1 saturated carbocycles. The maximum atomic E-state index is 13.6. The largest absolute Gasteiger partial charge is 0.394 e. The second kappa shape index (κ2) is 10.4. The molecule has 2 heterocycles. The fourth-order valence-corrected chi connectivity index (χ4v) is 7.42. The molecule has 8 nitrogen and oxygen atoms in total. The highest BCUT2D eigenvalue weighted by Crippen LogP contribution is 2.54. The normalized spacial score (nSPS) is 17.4. The predicted octanol–water partition coefficient (Wildman–Crippen LogP) is 5.48. The Morgan fingerprint density at radius 1 is 1.08 bits per heavy atom. The number of nitrogens with zero attached hydrogens (tertiary/aromatic N) is 2. The van der Waals surface area contributed by atoms with Gasteiger partial charge in [0.15, 0.2) is 9.84 Å². The lowest BCUT2D eigenvalue weighted by Crippen LogP contribution is -2.38. The number of carbonyl (C=O) groups is 1. The zero-order valence-electron chi connectivity index (χ0n) is 22.9. The van der Waals surface area contributed by atoms with Gasteiger partial charge in [0.1, 0.15) is 11.6 Å². The summed E-state index contributed by atoms with van der Waals surface area (Å²) in [6, 6.07) is 8.24. The molecule has 0 atom stereocenters. The first-order valence-corrected chi connectivity index (χ1v) is 15.5. The number of rotatable bonds is 8. The van der Waals surface area contributed by atoms with Crippen LogP contribution < -0.4 is 15.5 Å². The number of hydrogen-bond donors (Lipinski definition) is 3. The van der Waals surface area contributed by atoms with E-state index in [0.29, 0.717) is 32.8 Å². The minimum Gasteiger partial charge on any atom is -0.394 e. The van der Waals surface area contributed by atoms with Crippen molar-refractivity contribution in [3.8, 4) is 0 Å². The third-order valence-corrected chi connectivity index (χ3v) is 9.83. The molecule has 38 heavy (non-hydrogen) atoms. The lowest BCUT2D eigenvalue weighted by atomic mass is 9.93. The van der Waals surface area contributed by atoms with E-state index in [1.165, 1.54) is 18.9 Å². The molecular formula is C28H39BrN4O4S. The number of sulfone groups is 1. The van der Waals surface area contributed by atoms with E-state index in [1.807, 2.05) is 34.6 Å². The lowest BCUT2D eigenvalue weighted by Gasteiger charge is -2.34.